The van der Waals surface area contributed by atoms with E-state index >= 15 is 0 Å². The smallest absolute Gasteiger partial charge is 0.150 e. The molecule has 2 rings (SSSR count). The number of aromatic nitrogens is 1. The van der Waals surface area contributed by atoms with Crippen molar-refractivity contribution in [3.63, 3.8) is 0 Å². The van der Waals surface area contributed by atoms with Gasteiger partial charge in [0.25, 0.3) is 0 Å². The molecule has 19 heavy (non-hydrogen) atoms. The maximum atomic E-state index is 11.4. The Morgan fingerprint density at radius 1 is 1.53 bits per heavy atom. The third-order valence-electron chi connectivity index (χ3n) is 3.42. The molecule has 2 unspecified atom stereocenters. The Morgan fingerprint density at radius 2 is 2.32 bits per heavy atom. The monoisotopic (exact) mass is 347 g/mol. The second-order valence-corrected chi connectivity index (χ2v) is 8.18. The van der Waals surface area contributed by atoms with Crippen LogP contribution in [0.3, 0.4) is 0 Å². The van der Waals surface area contributed by atoms with Gasteiger partial charge in [0.2, 0.25) is 0 Å². The van der Waals surface area contributed by atoms with Crippen molar-refractivity contribution in [1.82, 2.24) is 10.4 Å². The molecule has 7 heteroatoms. The lowest BCUT2D eigenvalue weighted by molar-refractivity contribution is 0.406. The van der Waals surface area contributed by atoms with E-state index in [-0.39, 0.29) is 12.0 Å². The van der Waals surface area contributed by atoms with Crippen molar-refractivity contribution >= 4 is 25.8 Å². The summed E-state index contributed by atoms with van der Waals surface area (Å²) in [5, 5.41) is 0. The zero-order chi connectivity index (χ0) is 13.9. The van der Waals surface area contributed by atoms with Gasteiger partial charge in [-0.3, -0.25) is 16.3 Å². The van der Waals surface area contributed by atoms with Crippen LogP contribution in [0.2, 0.25) is 0 Å². The van der Waals surface area contributed by atoms with E-state index in [9.17, 15) is 8.42 Å². The number of pyridine rings is 1. The number of sulfone groups is 1. The van der Waals surface area contributed by atoms with Gasteiger partial charge in [0.05, 0.1) is 11.5 Å². The first-order chi connectivity index (χ1) is 8.98. The molecule has 106 valence electrons. The van der Waals surface area contributed by atoms with Crippen LogP contribution in [0.25, 0.3) is 0 Å². The summed E-state index contributed by atoms with van der Waals surface area (Å²) in [5.41, 5.74) is 3.72. The van der Waals surface area contributed by atoms with E-state index in [2.05, 4.69) is 26.3 Å². The average molecular weight is 348 g/mol. The molecule has 0 bridgehead atoms. The van der Waals surface area contributed by atoms with Crippen LogP contribution in [0, 0.1) is 5.92 Å². The first-order valence-corrected chi connectivity index (χ1v) is 8.87. The van der Waals surface area contributed by atoms with Gasteiger partial charge in [0.1, 0.15) is 0 Å². The summed E-state index contributed by atoms with van der Waals surface area (Å²) in [6.45, 7) is 0. The van der Waals surface area contributed by atoms with E-state index in [1.807, 2.05) is 12.1 Å². The van der Waals surface area contributed by atoms with E-state index in [4.69, 9.17) is 5.84 Å². The first-order valence-electron chi connectivity index (χ1n) is 6.25. The maximum Gasteiger partial charge on any atom is 0.150 e. The Hall–Kier alpha value is -0.500. The summed E-state index contributed by atoms with van der Waals surface area (Å²) in [5.74, 6) is 6.37. The molecule has 1 aromatic heterocycles. The maximum absolute atomic E-state index is 11.4. The van der Waals surface area contributed by atoms with Gasteiger partial charge in [-0.25, -0.2) is 8.42 Å². The summed E-state index contributed by atoms with van der Waals surface area (Å²) < 4.78 is 23.8. The third kappa shape index (κ3) is 4.52. The molecule has 0 radical (unpaired) electrons. The van der Waals surface area contributed by atoms with Gasteiger partial charge in [-0.1, -0.05) is 0 Å². The summed E-state index contributed by atoms with van der Waals surface area (Å²) in [4.78, 5) is 4.31. The SMILES string of the molecule is NNC(Cc1ccc(Br)cn1)CC1CCS(=O)(=O)C1. The number of hydrogen-bond donors (Lipinski definition) is 2. The molecule has 0 aromatic carbocycles. The van der Waals surface area contributed by atoms with Crippen LogP contribution in [-0.2, 0) is 16.3 Å². The Balaban J connectivity index is 1.92. The van der Waals surface area contributed by atoms with Gasteiger partial charge >= 0.3 is 0 Å². The molecule has 0 amide bonds. The van der Waals surface area contributed by atoms with Crippen molar-refractivity contribution in [2.45, 2.75) is 25.3 Å². The van der Waals surface area contributed by atoms with Gasteiger partial charge in [0.15, 0.2) is 9.84 Å². The molecule has 1 aromatic rings. The number of nitrogens with zero attached hydrogens (tertiary/aromatic N) is 1. The minimum atomic E-state index is -2.82. The molecule has 3 N–H and O–H groups in total. The summed E-state index contributed by atoms with van der Waals surface area (Å²) in [6.07, 6.45) is 3.98. The lowest BCUT2D eigenvalue weighted by Crippen LogP contribution is -2.38. The first kappa shape index (κ1) is 14.9. The summed E-state index contributed by atoms with van der Waals surface area (Å²) >= 11 is 3.34. The fourth-order valence-electron chi connectivity index (χ4n) is 2.45. The zero-order valence-corrected chi connectivity index (χ0v) is 13.0. The van der Waals surface area contributed by atoms with Crippen LogP contribution in [0.15, 0.2) is 22.8 Å². The molecule has 2 heterocycles. The molecule has 0 saturated carbocycles. The van der Waals surface area contributed by atoms with Crippen LogP contribution >= 0.6 is 15.9 Å². The van der Waals surface area contributed by atoms with Gasteiger partial charge in [-0.15, -0.1) is 0 Å². The van der Waals surface area contributed by atoms with E-state index in [0.717, 1.165) is 23.0 Å². The van der Waals surface area contributed by atoms with Crippen LogP contribution in [-0.4, -0.2) is 30.9 Å². The highest BCUT2D eigenvalue weighted by atomic mass is 79.9. The largest absolute Gasteiger partial charge is 0.271 e. The van der Waals surface area contributed by atoms with Crippen molar-refractivity contribution in [1.29, 1.82) is 0 Å². The lowest BCUT2D eigenvalue weighted by Gasteiger charge is -2.18. The summed E-state index contributed by atoms with van der Waals surface area (Å²) in [7, 11) is -2.82. The Bertz CT molecular complexity index is 518. The molecule has 1 aliphatic rings. The minimum Gasteiger partial charge on any atom is -0.271 e. The predicted octanol–water partition coefficient (Wildman–Crippen LogP) is 1.04. The highest BCUT2D eigenvalue weighted by Gasteiger charge is 2.29. The highest BCUT2D eigenvalue weighted by molar-refractivity contribution is 9.10. The zero-order valence-electron chi connectivity index (χ0n) is 10.5. The Morgan fingerprint density at radius 3 is 2.84 bits per heavy atom. The summed E-state index contributed by atoms with van der Waals surface area (Å²) in [6, 6.07) is 3.95. The number of nitrogens with one attached hydrogen (secondary N) is 1. The van der Waals surface area contributed by atoms with Gasteiger partial charge in [0, 0.05) is 28.8 Å². The quantitative estimate of drug-likeness (QED) is 0.614. The predicted molar refractivity (Wildman–Crippen MR) is 78.1 cm³/mol. The van der Waals surface area contributed by atoms with Gasteiger partial charge in [-0.05, 0) is 46.8 Å². The average Bonchev–Trinajstić information content (AvgIpc) is 2.70. The molecule has 1 fully saturated rings. The standard InChI is InChI=1S/C12H18BrN3O2S/c13-10-1-2-11(15-7-10)6-12(16-14)5-9-3-4-19(17,18)8-9/h1-2,7,9,12,16H,3-6,8,14H2. The Kier molecular flexibility index (Phi) is 4.94. The number of hydrogen-bond acceptors (Lipinski definition) is 5. The van der Waals surface area contributed by atoms with E-state index < -0.39 is 9.84 Å². The van der Waals surface area contributed by atoms with Crippen molar-refractivity contribution in [3.8, 4) is 0 Å². The van der Waals surface area contributed by atoms with E-state index in [1.54, 1.807) is 6.20 Å². The van der Waals surface area contributed by atoms with Crippen LogP contribution < -0.4 is 11.3 Å². The lowest BCUT2D eigenvalue weighted by atomic mass is 9.96. The van der Waals surface area contributed by atoms with Crippen molar-refractivity contribution in [3.05, 3.63) is 28.5 Å². The third-order valence-corrected chi connectivity index (χ3v) is 5.73. The van der Waals surface area contributed by atoms with Gasteiger partial charge in [-0.2, -0.15) is 0 Å². The van der Waals surface area contributed by atoms with Crippen LogP contribution in [0.1, 0.15) is 18.5 Å². The number of halogens is 1. The second-order valence-electron chi connectivity index (χ2n) is 5.04. The van der Waals surface area contributed by atoms with Crippen molar-refractivity contribution in [2.24, 2.45) is 11.8 Å². The molecule has 1 aliphatic heterocycles. The topological polar surface area (TPSA) is 85.1 Å². The number of nitrogens with two attached hydrogens (primary N) is 1. The molecular formula is C12H18BrN3O2S. The minimum absolute atomic E-state index is 0.0620. The van der Waals surface area contributed by atoms with E-state index in [1.165, 1.54) is 0 Å². The van der Waals surface area contributed by atoms with Crippen LogP contribution in [0.5, 0.6) is 0 Å². The van der Waals surface area contributed by atoms with E-state index in [0.29, 0.717) is 17.9 Å². The second kappa shape index (κ2) is 6.30. The molecule has 5 nitrogen and oxygen atoms in total. The van der Waals surface area contributed by atoms with Crippen molar-refractivity contribution in [2.75, 3.05) is 11.5 Å². The normalized spacial score (nSPS) is 23.4. The fraction of sp³-hybridized carbons (Fsp3) is 0.583. The number of hydrazine groups is 1. The molecular weight excluding hydrogens is 330 g/mol. The van der Waals surface area contributed by atoms with Gasteiger partial charge < -0.3 is 0 Å². The highest BCUT2D eigenvalue weighted by Crippen LogP contribution is 2.23. The Labute approximate surface area is 122 Å². The molecule has 1 saturated heterocycles. The number of rotatable bonds is 5. The fourth-order valence-corrected chi connectivity index (χ4v) is 4.56. The molecule has 2 atom stereocenters. The van der Waals surface area contributed by atoms with Crippen molar-refractivity contribution < 1.29 is 8.42 Å². The van der Waals surface area contributed by atoms with Crippen LogP contribution in [0.4, 0.5) is 0 Å². The molecule has 0 spiro atoms. The molecule has 0 aliphatic carbocycles.